The molecule has 2 aromatic carbocycles. The number of fused-ring (bicyclic) bond motifs is 1. The second kappa shape index (κ2) is 5.06. The van der Waals surface area contributed by atoms with Crippen LogP contribution in [0.4, 0.5) is 5.69 Å². The van der Waals surface area contributed by atoms with Gasteiger partial charge in [-0.25, -0.2) is 0 Å². The molecule has 3 rings (SSSR count). The van der Waals surface area contributed by atoms with Gasteiger partial charge < -0.3 is 15.4 Å². The first kappa shape index (κ1) is 12.8. The molecular weight excluding hydrogens is 276 g/mol. The quantitative estimate of drug-likeness (QED) is 0.892. The lowest BCUT2D eigenvalue weighted by molar-refractivity contribution is 0.0935. The molecule has 1 atom stereocenters. The van der Waals surface area contributed by atoms with Crippen LogP contribution in [0.2, 0.25) is 5.02 Å². The molecule has 2 N–H and O–H groups in total. The summed E-state index contributed by atoms with van der Waals surface area (Å²) in [5.41, 5.74) is 2.29. The summed E-state index contributed by atoms with van der Waals surface area (Å²) < 4.78 is 5.12. The Hall–Kier alpha value is -2.20. The molecule has 0 fully saturated rings. The first-order chi connectivity index (χ1) is 9.67. The maximum atomic E-state index is 12.1. The summed E-state index contributed by atoms with van der Waals surface area (Å²) in [5, 5.41) is 6.73. The highest BCUT2D eigenvalue weighted by Crippen LogP contribution is 2.29. The molecule has 0 aromatic heterocycles. The molecule has 1 heterocycles. The zero-order valence-corrected chi connectivity index (χ0v) is 11.6. The summed E-state index contributed by atoms with van der Waals surface area (Å²) in [7, 11) is 1.62. The Balaban J connectivity index is 1.90. The van der Waals surface area contributed by atoms with Gasteiger partial charge in [0.25, 0.3) is 5.91 Å². The molecule has 1 amide bonds. The summed E-state index contributed by atoms with van der Waals surface area (Å²) in [6.07, 6.45) is -0.262. The van der Waals surface area contributed by atoms with Gasteiger partial charge in [-0.05, 0) is 35.9 Å². The normalized spacial score (nSPS) is 16.9. The average Bonchev–Trinajstić information content (AvgIpc) is 2.48. The summed E-state index contributed by atoms with van der Waals surface area (Å²) >= 11 is 5.91. The van der Waals surface area contributed by atoms with E-state index < -0.39 is 0 Å². The molecule has 2 aromatic rings. The van der Waals surface area contributed by atoms with Crippen LogP contribution in [0.25, 0.3) is 0 Å². The number of hydrogen-bond acceptors (Lipinski definition) is 3. The first-order valence-electron chi connectivity index (χ1n) is 6.18. The molecule has 0 aliphatic carbocycles. The molecule has 4 nitrogen and oxygen atoms in total. The van der Waals surface area contributed by atoms with E-state index in [0.717, 1.165) is 17.0 Å². The fraction of sp³-hybridized carbons (Fsp3) is 0.133. The molecule has 1 aliphatic rings. The Morgan fingerprint density at radius 2 is 1.85 bits per heavy atom. The number of ether oxygens (including phenoxy) is 1. The van der Waals surface area contributed by atoms with Crippen LogP contribution in [0, 0.1) is 0 Å². The number of carbonyl (C=O) groups is 1. The Bertz CT molecular complexity index is 655. The Morgan fingerprint density at radius 1 is 1.10 bits per heavy atom. The zero-order chi connectivity index (χ0) is 14.1. The highest BCUT2D eigenvalue weighted by atomic mass is 35.5. The van der Waals surface area contributed by atoms with Crippen molar-refractivity contribution in [3.8, 4) is 5.75 Å². The van der Waals surface area contributed by atoms with E-state index in [0.29, 0.717) is 10.6 Å². The second-order valence-electron chi connectivity index (χ2n) is 4.51. The smallest absolute Gasteiger partial charge is 0.255 e. The molecule has 1 unspecified atom stereocenters. The van der Waals surface area contributed by atoms with Gasteiger partial charge >= 0.3 is 0 Å². The number of anilines is 1. The molecule has 5 heteroatoms. The van der Waals surface area contributed by atoms with Crippen LogP contribution in [0.5, 0.6) is 5.75 Å². The van der Waals surface area contributed by atoms with Gasteiger partial charge in [0.1, 0.15) is 11.9 Å². The van der Waals surface area contributed by atoms with Crippen molar-refractivity contribution in [2.45, 2.75) is 6.17 Å². The monoisotopic (exact) mass is 288 g/mol. The summed E-state index contributed by atoms with van der Waals surface area (Å²) in [6.45, 7) is 0. The topological polar surface area (TPSA) is 50.4 Å². The van der Waals surface area contributed by atoms with Crippen molar-refractivity contribution >= 4 is 23.2 Å². The van der Waals surface area contributed by atoms with Gasteiger partial charge in [0.2, 0.25) is 0 Å². The maximum absolute atomic E-state index is 12.1. The summed E-state index contributed by atoms with van der Waals surface area (Å²) in [5.74, 6) is 0.644. The molecule has 0 radical (unpaired) electrons. The number of rotatable bonds is 2. The van der Waals surface area contributed by atoms with Crippen LogP contribution in [0.3, 0.4) is 0 Å². The third kappa shape index (κ3) is 2.30. The van der Waals surface area contributed by atoms with E-state index in [1.54, 1.807) is 19.2 Å². The second-order valence-corrected chi connectivity index (χ2v) is 4.95. The standard InChI is InChI=1S/C15H13ClN2O2/c1-20-11-5-2-9(3-6-11)14-17-13-7-4-10(16)8-12(13)15(19)18-14/h2-8,14,17H,1H3,(H,18,19). The minimum absolute atomic E-state index is 0.137. The van der Waals surface area contributed by atoms with Crippen molar-refractivity contribution in [3.63, 3.8) is 0 Å². The van der Waals surface area contributed by atoms with Gasteiger partial charge in [-0.2, -0.15) is 0 Å². The number of nitrogens with one attached hydrogen (secondary N) is 2. The maximum Gasteiger partial charge on any atom is 0.255 e. The van der Waals surface area contributed by atoms with E-state index in [9.17, 15) is 4.79 Å². The van der Waals surface area contributed by atoms with Gasteiger partial charge in [-0.1, -0.05) is 23.7 Å². The van der Waals surface area contributed by atoms with Crippen molar-refractivity contribution in [2.75, 3.05) is 12.4 Å². The molecule has 0 saturated carbocycles. The number of halogens is 1. The summed E-state index contributed by atoms with van der Waals surface area (Å²) in [6, 6.07) is 12.8. The number of amides is 1. The van der Waals surface area contributed by atoms with E-state index in [-0.39, 0.29) is 12.1 Å². The van der Waals surface area contributed by atoms with Crippen molar-refractivity contribution in [1.29, 1.82) is 0 Å². The van der Waals surface area contributed by atoms with Crippen molar-refractivity contribution in [1.82, 2.24) is 5.32 Å². The lowest BCUT2D eigenvalue weighted by atomic mass is 10.1. The van der Waals surface area contributed by atoms with Crippen molar-refractivity contribution in [3.05, 3.63) is 58.6 Å². The van der Waals surface area contributed by atoms with Crippen LogP contribution in [0.15, 0.2) is 42.5 Å². The van der Waals surface area contributed by atoms with Gasteiger partial charge in [0.15, 0.2) is 0 Å². The molecule has 20 heavy (non-hydrogen) atoms. The largest absolute Gasteiger partial charge is 0.497 e. The predicted octanol–water partition coefficient (Wildman–Crippen LogP) is 3.20. The van der Waals surface area contributed by atoms with Crippen molar-refractivity contribution in [2.24, 2.45) is 0 Å². The molecule has 0 spiro atoms. The Kier molecular flexibility index (Phi) is 3.24. The van der Waals surface area contributed by atoms with Gasteiger partial charge in [-0.3, -0.25) is 4.79 Å². The number of hydrogen-bond donors (Lipinski definition) is 2. The third-order valence-corrected chi connectivity index (χ3v) is 3.49. The lowest BCUT2D eigenvalue weighted by Gasteiger charge is -2.28. The van der Waals surface area contributed by atoms with E-state index in [1.165, 1.54) is 0 Å². The number of methoxy groups -OCH3 is 1. The van der Waals surface area contributed by atoms with Gasteiger partial charge in [-0.15, -0.1) is 0 Å². The molecule has 0 bridgehead atoms. The van der Waals surface area contributed by atoms with Crippen LogP contribution in [-0.2, 0) is 0 Å². The van der Waals surface area contributed by atoms with Gasteiger partial charge in [0, 0.05) is 10.7 Å². The van der Waals surface area contributed by atoms with Crippen LogP contribution >= 0.6 is 11.6 Å². The molecular formula is C15H13ClN2O2. The minimum Gasteiger partial charge on any atom is -0.497 e. The highest BCUT2D eigenvalue weighted by Gasteiger charge is 2.24. The van der Waals surface area contributed by atoms with Crippen LogP contribution in [0.1, 0.15) is 22.1 Å². The lowest BCUT2D eigenvalue weighted by Crippen LogP contribution is -2.38. The van der Waals surface area contributed by atoms with E-state index in [4.69, 9.17) is 16.3 Å². The average molecular weight is 289 g/mol. The predicted molar refractivity (Wildman–Crippen MR) is 78.3 cm³/mol. The van der Waals surface area contributed by atoms with Crippen LogP contribution in [-0.4, -0.2) is 13.0 Å². The number of benzene rings is 2. The van der Waals surface area contributed by atoms with E-state index in [1.807, 2.05) is 30.3 Å². The Morgan fingerprint density at radius 3 is 2.55 bits per heavy atom. The van der Waals surface area contributed by atoms with E-state index in [2.05, 4.69) is 10.6 Å². The first-order valence-corrected chi connectivity index (χ1v) is 6.56. The molecule has 102 valence electrons. The highest BCUT2D eigenvalue weighted by molar-refractivity contribution is 6.31. The SMILES string of the molecule is COc1ccc(C2NC(=O)c3cc(Cl)ccc3N2)cc1. The fourth-order valence-electron chi connectivity index (χ4n) is 2.19. The van der Waals surface area contributed by atoms with Crippen molar-refractivity contribution < 1.29 is 9.53 Å². The fourth-order valence-corrected chi connectivity index (χ4v) is 2.37. The zero-order valence-electron chi connectivity index (χ0n) is 10.8. The van der Waals surface area contributed by atoms with E-state index >= 15 is 0 Å². The Labute approximate surface area is 121 Å². The third-order valence-electron chi connectivity index (χ3n) is 3.25. The number of carbonyl (C=O) groups excluding carboxylic acids is 1. The van der Waals surface area contributed by atoms with Crippen LogP contribution < -0.4 is 15.4 Å². The summed E-state index contributed by atoms with van der Waals surface area (Å²) in [4.78, 5) is 12.1. The van der Waals surface area contributed by atoms with Gasteiger partial charge in [0.05, 0.1) is 12.7 Å². The molecule has 1 aliphatic heterocycles. The minimum atomic E-state index is -0.262. The molecule has 0 saturated heterocycles.